The fourth-order valence-electron chi connectivity index (χ4n) is 2.43. The minimum absolute atomic E-state index is 0.0936. The molecule has 0 radical (unpaired) electrons. The van der Waals surface area contributed by atoms with Crippen LogP contribution in [0.15, 0.2) is 18.2 Å². The van der Waals surface area contributed by atoms with E-state index in [2.05, 4.69) is 11.8 Å². The summed E-state index contributed by atoms with van der Waals surface area (Å²) in [4.78, 5) is 2.27. The molecule has 3 heteroatoms. The van der Waals surface area contributed by atoms with Crippen LogP contribution in [0.2, 0.25) is 0 Å². The molecule has 0 bridgehead atoms. The first-order valence-electron chi connectivity index (χ1n) is 7.02. The molecule has 0 saturated heterocycles. The fraction of sp³-hybridized carbons (Fsp3) is 0.600. The van der Waals surface area contributed by atoms with Crippen molar-refractivity contribution in [2.45, 2.75) is 45.1 Å². The summed E-state index contributed by atoms with van der Waals surface area (Å²) in [6, 6.07) is 5.91. The Labute approximate surface area is 109 Å². The quantitative estimate of drug-likeness (QED) is 0.805. The lowest BCUT2D eigenvalue weighted by molar-refractivity contribution is 0.606. The summed E-state index contributed by atoms with van der Waals surface area (Å²) in [5.41, 5.74) is 7.49. The molecule has 1 fully saturated rings. The molecule has 0 heterocycles. The Morgan fingerprint density at radius 2 is 2.17 bits per heavy atom. The summed E-state index contributed by atoms with van der Waals surface area (Å²) in [7, 11) is 0. The number of rotatable bonds is 7. The Hall–Kier alpha value is -1.09. The Kier molecular flexibility index (Phi) is 4.59. The molecule has 1 aromatic rings. The Morgan fingerprint density at radius 3 is 2.78 bits per heavy atom. The van der Waals surface area contributed by atoms with Gasteiger partial charge in [-0.15, -0.1) is 0 Å². The van der Waals surface area contributed by atoms with Crippen LogP contribution in [0, 0.1) is 5.82 Å². The van der Waals surface area contributed by atoms with E-state index in [1.54, 1.807) is 12.1 Å². The van der Waals surface area contributed by atoms with Crippen LogP contribution in [-0.4, -0.2) is 19.1 Å². The summed E-state index contributed by atoms with van der Waals surface area (Å²) in [6.45, 7) is 3.70. The number of hydrogen-bond acceptors (Lipinski definition) is 2. The minimum Gasteiger partial charge on any atom is -0.366 e. The normalized spacial score (nSPS) is 14.8. The van der Waals surface area contributed by atoms with E-state index in [0.29, 0.717) is 12.6 Å². The first-order valence-corrected chi connectivity index (χ1v) is 7.02. The zero-order valence-electron chi connectivity index (χ0n) is 11.2. The molecule has 1 aromatic carbocycles. The molecule has 2 rings (SSSR count). The van der Waals surface area contributed by atoms with Gasteiger partial charge < -0.3 is 10.6 Å². The highest BCUT2D eigenvalue weighted by Crippen LogP contribution is 2.35. The second-order valence-corrected chi connectivity index (χ2v) is 5.06. The van der Waals surface area contributed by atoms with Gasteiger partial charge in [0.1, 0.15) is 5.82 Å². The van der Waals surface area contributed by atoms with Crippen molar-refractivity contribution in [3.05, 3.63) is 29.6 Å². The molecule has 0 spiro atoms. The van der Waals surface area contributed by atoms with E-state index in [-0.39, 0.29) is 5.82 Å². The lowest BCUT2D eigenvalue weighted by Crippen LogP contribution is -2.29. The van der Waals surface area contributed by atoms with Gasteiger partial charge >= 0.3 is 0 Å². The van der Waals surface area contributed by atoms with Gasteiger partial charge in [-0.05, 0) is 43.9 Å². The molecule has 0 aliphatic heterocycles. The highest BCUT2D eigenvalue weighted by molar-refractivity contribution is 5.56. The smallest absolute Gasteiger partial charge is 0.146 e. The zero-order valence-corrected chi connectivity index (χ0v) is 11.2. The first-order chi connectivity index (χ1) is 8.77. The van der Waals surface area contributed by atoms with Crippen LogP contribution < -0.4 is 10.6 Å². The number of nitrogens with two attached hydrogens (primary N) is 1. The average Bonchev–Trinajstić information content (AvgIpc) is 3.17. The number of anilines is 1. The van der Waals surface area contributed by atoms with Gasteiger partial charge in [-0.25, -0.2) is 4.39 Å². The van der Waals surface area contributed by atoms with E-state index in [1.165, 1.54) is 12.8 Å². The van der Waals surface area contributed by atoms with Crippen molar-refractivity contribution >= 4 is 5.69 Å². The Morgan fingerprint density at radius 1 is 1.39 bits per heavy atom. The van der Waals surface area contributed by atoms with Crippen LogP contribution in [0.1, 0.15) is 38.2 Å². The van der Waals surface area contributed by atoms with Gasteiger partial charge in [0.15, 0.2) is 0 Å². The molecule has 0 amide bonds. The van der Waals surface area contributed by atoms with Gasteiger partial charge in [0, 0.05) is 12.6 Å². The van der Waals surface area contributed by atoms with Crippen molar-refractivity contribution in [3.63, 3.8) is 0 Å². The number of nitrogens with zero attached hydrogens (tertiary/aromatic N) is 1. The average molecular weight is 250 g/mol. The fourth-order valence-corrected chi connectivity index (χ4v) is 2.43. The Balaban J connectivity index is 2.26. The zero-order chi connectivity index (χ0) is 13.0. The van der Waals surface area contributed by atoms with Crippen LogP contribution in [0.3, 0.4) is 0 Å². The molecule has 100 valence electrons. The van der Waals surface area contributed by atoms with Gasteiger partial charge in [0.05, 0.1) is 5.69 Å². The summed E-state index contributed by atoms with van der Waals surface area (Å²) in [6.07, 6.45) is 5.40. The number of para-hydroxylation sites is 1. The van der Waals surface area contributed by atoms with Crippen LogP contribution in [0.5, 0.6) is 0 Å². The van der Waals surface area contributed by atoms with E-state index < -0.39 is 0 Å². The number of benzene rings is 1. The number of unbranched alkanes of at least 4 members (excludes halogenated alkanes) is 1. The third-order valence-electron chi connectivity index (χ3n) is 3.51. The molecule has 0 atom stereocenters. The van der Waals surface area contributed by atoms with Crippen LogP contribution >= 0.6 is 0 Å². The lowest BCUT2D eigenvalue weighted by atomic mass is 10.1. The van der Waals surface area contributed by atoms with Crippen molar-refractivity contribution in [3.8, 4) is 0 Å². The van der Waals surface area contributed by atoms with E-state index >= 15 is 0 Å². The van der Waals surface area contributed by atoms with E-state index in [4.69, 9.17) is 5.73 Å². The van der Waals surface area contributed by atoms with Gasteiger partial charge in [0.25, 0.3) is 0 Å². The first kappa shape index (κ1) is 13.3. The summed E-state index contributed by atoms with van der Waals surface area (Å²) >= 11 is 0. The number of halogens is 1. The molecule has 1 aliphatic rings. The van der Waals surface area contributed by atoms with Crippen molar-refractivity contribution in [2.24, 2.45) is 5.73 Å². The maximum atomic E-state index is 14.2. The molecule has 0 aromatic heterocycles. The summed E-state index contributed by atoms with van der Waals surface area (Å²) in [5.74, 6) is -0.0936. The van der Waals surface area contributed by atoms with Crippen LogP contribution in [0.25, 0.3) is 0 Å². The maximum absolute atomic E-state index is 14.2. The lowest BCUT2D eigenvalue weighted by Gasteiger charge is -2.27. The summed E-state index contributed by atoms with van der Waals surface area (Å²) < 4.78 is 14.2. The van der Waals surface area contributed by atoms with Gasteiger partial charge in [-0.2, -0.15) is 0 Å². The predicted molar refractivity (Wildman–Crippen MR) is 74.4 cm³/mol. The predicted octanol–water partition coefficient (Wildman–Crippen LogP) is 3.10. The third-order valence-corrected chi connectivity index (χ3v) is 3.51. The maximum Gasteiger partial charge on any atom is 0.146 e. The largest absolute Gasteiger partial charge is 0.366 e. The van der Waals surface area contributed by atoms with Gasteiger partial charge in [0.2, 0.25) is 0 Å². The molecular formula is C15H23FN2. The van der Waals surface area contributed by atoms with Gasteiger partial charge in [-0.1, -0.05) is 25.5 Å². The van der Waals surface area contributed by atoms with Crippen molar-refractivity contribution in [1.29, 1.82) is 0 Å². The van der Waals surface area contributed by atoms with Crippen molar-refractivity contribution in [1.82, 2.24) is 0 Å². The van der Waals surface area contributed by atoms with Gasteiger partial charge in [-0.3, -0.25) is 0 Å². The van der Waals surface area contributed by atoms with Crippen LogP contribution in [-0.2, 0) is 6.42 Å². The molecular weight excluding hydrogens is 227 g/mol. The second-order valence-electron chi connectivity index (χ2n) is 5.06. The minimum atomic E-state index is -0.0936. The van der Waals surface area contributed by atoms with Crippen LogP contribution in [0.4, 0.5) is 10.1 Å². The standard InChI is InChI=1S/C15H23FN2/c1-2-3-11-18(13-7-8-13)15-12(9-10-17)5-4-6-14(15)16/h4-6,13H,2-3,7-11,17H2,1H3. The molecule has 1 saturated carbocycles. The van der Waals surface area contributed by atoms with Crippen molar-refractivity contribution in [2.75, 3.05) is 18.0 Å². The van der Waals surface area contributed by atoms with E-state index in [0.717, 1.165) is 37.1 Å². The van der Waals surface area contributed by atoms with E-state index in [9.17, 15) is 4.39 Å². The third kappa shape index (κ3) is 3.02. The Bertz CT molecular complexity index is 388. The monoisotopic (exact) mass is 250 g/mol. The number of hydrogen-bond donors (Lipinski definition) is 1. The highest BCUT2D eigenvalue weighted by atomic mass is 19.1. The molecule has 1 aliphatic carbocycles. The molecule has 0 unspecified atom stereocenters. The van der Waals surface area contributed by atoms with E-state index in [1.807, 2.05) is 6.07 Å². The molecule has 2 N–H and O–H groups in total. The second kappa shape index (κ2) is 6.19. The summed E-state index contributed by atoms with van der Waals surface area (Å²) in [5, 5.41) is 0. The molecule has 2 nitrogen and oxygen atoms in total. The highest BCUT2D eigenvalue weighted by Gasteiger charge is 2.31. The molecule has 18 heavy (non-hydrogen) atoms. The van der Waals surface area contributed by atoms with Crippen molar-refractivity contribution < 1.29 is 4.39 Å². The SMILES string of the molecule is CCCCN(c1c(F)cccc1CCN)C1CC1. The topological polar surface area (TPSA) is 29.3 Å².